The normalized spacial score (nSPS) is 15.9. The zero-order chi connectivity index (χ0) is 19.1. The van der Waals surface area contributed by atoms with Crippen molar-refractivity contribution in [3.05, 3.63) is 75.4 Å². The van der Waals surface area contributed by atoms with E-state index in [9.17, 15) is 14.4 Å². The smallest absolute Gasteiger partial charge is 0.335 e. The number of ether oxygens (including phenoxy) is 1. The number of aryl methyl sites for hydroxylation is 1. The van der Waals surface area contributed by atoms with Gasteiger partial charge in [-0.15, -0.1) is 0 Å². The van der Waals surface area contributed by atoms with Crippen molar-refractivity contribution in [2.75, 3.05) is 0 Å². The number of aromatic carboxylic acids is 1. The van der Waals surface area contributed by atoms with Crippen molar-refractivity contribution >= 4 is 11.9 Å². The van der Waals surface area contributed by atoms with E-state index in [0.29, 0.717) is 28.3 Å². The summed E-state index contributed by atoms with van der Waals surface area (Å²) >= 11 is 0. The Labute approximate surface area is 153 Å². The summed E-state index contributed by atoms with van der Waals surface area (Å²) < 4.78 is 11.1. The van der Waals surface area contributed by atoms with Gasteiger partial charge in [-0.2, -0.15) is 0 Å². The number of carbonyl (C=O) groups excluding carboxylic acids is 1. The van der Waals surface area contributed by atoms with Crippen LogP contribution in [0.25, 0.3) is 11.3 Å². The van der Waals surface area contributed by atoms with Crippen LogP contribution in [0.5, 0.6) is 5.75 Å². The number of furan rings is 1. The number of pyridine rings is 1. The van der Waals surface area contributed by atoms with Crippen molar-refractivity contribution in [1.82, 2.24) is 4.98 Å². The summed E-state index contributed by atoms with van der Waals surface area (Å²) in [4.78, 5) is 38.3. The van der Waals surface area contributed by atoms with E-state index in [-0.39, 0.29) is 23.3 Å². The lowest BCUT2D eigenvalue weighted by Gasteiger charge is -2.22. The molecule has 1 aromatic carbocycles. The summed E-state index contributed by atoms with van der Waals surface area (Å²) in [6, 6.07) is 11.3. The maximum Gasteiger partial charge on any atom is 0.335 e. The van der Waals surface area contributed by atoms with Gasteiger partial charge in [-0.05, 0) is 31.2 Å². The summed E-state index contributed by atoms with van der Waals surface area (Å²) in [5, 5.41) is 9.14. The number of rotatable bonds is 3. The van der Waals surface area contributed by atoms with Crippen LogP contribution in [0.1, 0.15) is 39.7 Å². The molecule has 1 aliphatic rings. The lowest BCUT2D eigenvalue weighted by Crippen LogP contribution is -2.28. The second kappa shape index (κ2) is 6.28. The summed E-state index contributed by atoms with van der Waals surface area (Å²) in [5.74, 6) is -0.904. The summed E-state index contributed by atoms with van der Waals surface area (Å²) in [5.41, 5.74) is 1.35. The molecule has 0 amide bonds. The third kappa shape index (κ3) is 3.03. The van der Waals surface area contributed by atoms with Gasteiger partial charge < -0.3 is 19.2 Å². The zero-order valence-corrected chi connectivity index (χ0v) is 14.3. The Morgan fingerprint density at radius 2 is 2.00 bits per heavy atom. The van der Waals surface area contributed by atoms with Crippen molar-refractivity contribution < 1.29 is 23.8 Å². The predicted octanol–water partition coefficient (Wildman–Crippen LogP) is 3.08. The Bertz CT molecular complexity index is 1120. The molecule has 136 valence electrons. The van der Waals surface area contributed by atoms with Gasteiger partial charge in [0.15, 0.2) is 0 Å². The van der Waals surface area contributed by atoms with E-state index >= 15 is 0 Å². The minimum Gasteiger partial charge on any atom is -0.478 e. The molecule has 4 rings (SSSR count). The van der Waals surface area contributed by atoms with Crippen LogP contribution >= 0.6 is 0 Å². The molecule has 1 atom stereocenters. The second-order valence-electron chi connectivity index (χ2n) is 6.38. The van der Waals surface area contributed by atoms with Crippen LogP contribution in [-0.2, 0) is 4.79 Å². The van der Waals surface area contributed by atoms with Crippen LogP contribution < -0.4 is 10.3 Å². The monoisotopic (exact) mass is 365 g/mol. The Hall–Kier alpha value is -3.61. The molecule has 0 saturated carbocycles. The molecule has 0 radical (unpaired) electrons. The molecular weight excluding hydrogens is 350 g/mol. The third-order valence-corrected chi connectivity index (χ3v) is 4.48. The molecule has 0 saturated heterocycles. The summed E-state index contributed by atoms with van der Waals surface area (Å²) in [6.45, 7) is 1.71. The first-order chi connectivity index (χ1) is 12.9. The molecular formula is C20H15NO6. The van der Waals surface area contributed by atoms with Crippen molar-refractivity contribution in [2.45, 2.75) is 19.3 Å². The van der Waals surface area contributed by atoms with E-state index in [1.807, 2.05) is 0 Å². The van der Waals surface area contributed by atoms with E-state index in [4.69, 9.17) is 14.3 Å². The van der Waals surface area contributed by atoms with Gasteiger partial charge >= 0.3 is 11.9 Å². The first-order valence-electron chi connectivity index (χ1n) is 8.30. The molecule has 2 N–H and O–H groups in total. The zero-order valence-electron chi connectivity index (χ0n) is 14.3. The van der Waals surface area contributed by atoms with Crippen LogP contribution in [0.3, 0.4) is 0 Å². The number of benzene rings is 1. The summed E-state index contributed by atoms with van der Waals surface area (Å²) in [6.07, 6.45) is -0.0126. The molecule has 3 heterocycles. The number of nitrogens with one attached hydrogen (secondary N) is 1. The molecule has 7 heteroatoms. The molecule has 0 bridgehead atoms. The van der Waals surface area contributed by atoms with Crippen molar-refractivity contribution in [3.8, 4) is 17.1 Å². The van der Waals surface area contributed by atoms with Crippen LogP contribution in [0.15, 0.2) is 51.7 Å². The van der Waals surface area contributed by atoms with Gasteiger partial charge in [0.2, 0.25) is 0 Å². The molecule has 0 fully saturated rings. The highest BCUT2D eigenvalue weighted by atomic mass is 16.5. The van der Waals surface area contributed by atoms with Crippen molar-refractivity contribution in [3.63, 3.8) is 0 Å². The number of carbonyl (C=O) groups is 2. The molecule has 2 aromatic heterocycles. The Morgan fingerprint density at radius 3 is 2.78 bits per heavy atom. The largest absolute Gasteiger partial charge is 0.478 e. The van der Waals surface area contributed by atoms with E-state index in [2.05, 4.69) is 4.98 Å². The Morgan fingerprint density at radius 1 is 1.19 bits per heavy atom. The minimum absolute atomic E-state index is 0.0126. The van der Waals surface area contributed by atoms with E-state index in [1.54, 1.807) is 37.3 Å². The number of H-pyrrole nitrogens is 1. The fraction of sp³-hybridized carbons (Fsp3) is 0.150. The average molecular weight is 365 g/mol. The average Bonchev–Trinajstić information content (AvgIpc) is 3.10. The number of esters is 1. The van der Waals surface area contributed by atoms with E-state index in [1.165, 1.54) is 12.1 Å². The predicted molar refractivity (Wildman–Crippen MR) is 95.0 cm³/mol. The molecule has 7 nitrogen and oxygen atoms in total. The molecule has 27 heavy (non-hydrogen) atoms. The number of aromatic amines is 1. The highest BCUT2D eigenvalue weighted by molar-refractivity contribution is 5.89. The van der Waals surface area contributed by atoms with Gasteiger partial charge in [0, 0.05) is 17.3 Å². The van der Waals surface area contributed by atoms with Crippen molar-refractivity contribution in [1.29, 1.82) is 0 Å². The molecule has 0 aliphatic carbocycles. The number of fused-ring (bicyclic) bond motifs is 1. The molecule has 1 unspecified atom stereocenters. The number of hydrogen-bond donors (Lipinski definition) is 2. The number of carboxylic acids is 1. The lowest BCUT2D eigenvalue weighted by molar-refractivity contribution is -0.135. The molecule has 1 aliphatic heterocycles. The molecule has 0 spiro atoms. The Kier molecular flexibility index (Phi) is 3.92. The highest BCUT2D eigenvalue weighted by Crippen LogP contribution is 2.38. The topological polar surface area (TPSA) is 110 Å². The summed E-state index contributed by atoms with van der Waals surface area (Å²) in [7, 11) is 0. The quantitative estimate of drug-likeness (QED) is 0.690. The Balaban J connectivity index is 1.77. The minimum atomic E-state index is -1.03. The first-order valence-corrected chi connectivity index (χ1v) is 8.30. The van der Waals surface area contributed by atoms with Gasteiger partial charge in [-0.25, -0.2) is 4.79 Å². The maximum atomic E-state index is 12.4. The van der Waals surface area contributed by atoms with Gasteiger partial charge in [-0.3, -0.25) is 9.59 Å². The van der Waals surface area contributed by atoms with Gasteiger partial charge in [0.25, 0.3) is 5.56 Å². The number of carboxylic acid groups (broad SMARTS) is 1. The molecule has 3 aromatic rings. The van der Waals surface area contributed by atoms with Crippen LogP contribution in [0, 0.1) is 6.92 Å². The third-order valence-electron chi connectivity index (χ3n) is 4.48. The maximum absolute atomic E-state index is 12.4. The fourth-order valence-corrected chi connectivity index (χ4v) is 3.26. The number of aromatic nitrogens is 1. The highest BCUT2D eigenvalue weighted by Gasteiger charge is 2.33. The SMILES string of the molecule is Cc1cc2c(c(=O)[nH]1)C(c1ccc(-c3cccc(C(=O)O)c3)o1)CC(=O)O2. The van der Waals surface area contributed by atoms with Gasteiger partial charge in [0.05, 0.1) is 23.5 Å². The lowest BCUT2D eigenvalue weighted by atomic mass is 9.91. The van der Waals surface area contributed by atoms with Crippen LogP contribution in [-0.4, -0.2) is 22.0 Å². The fourth-order valence-electron chi connectivity index (χ4n) is 3.26. The van der Waals surface area contributed by atoms with Crippen LogP contribution in [0.2, 0.25) is 0 Å². The number of hydrogen-bond acceptors (Lipinski definition) is 5. The van der Waals surface area contributed by atoms with Crippen molar-refractivity contribution in [2.24, 2.45) is 0 Å². The van der Waals surface area contributed by atoms with E-state index < -0.39 is 17.9 Å². The van der Waals surface area contributed by atoms with E-state index in [0.717, 1.165) is 0 Å². The second-order valence-corrected chi connectivity index (χ2v) is 6.38. The first kappa shape index (κ1) is 16.8. The van der Waals surface area contributed by atoms with Gasteiger partial charge in [-0.1, -0.05) is 12.1 Å². The standard InChI is InChI=1S/C20H15NO6/c1-10-7-16-18(19(23)21-10)13(9-17(22)27-16)15-6-5-14(26-15)11-3-2-4-12(8-11)20(24)25/h2-8,13H,9H2,1H3,(H,21,23)(H,24,25). The van der Waals surface area contributed by atoms with Crippen LogP contribution in [0.4, 0.5) is 0 Å². The van der Waals surface area contributed by atoms with Gasteiger partial charge in [0.1, 0.15) is 17.3 Å².